The Hall–Kier alpha value is -1.47. The van der Waals surface area contributed by atoms with Crippen LogP contribution in [0.5, 0.6) is 0 Å². The number of nitrogens with one attached hydrogen (secondary N) is 1. The van der Waals surface area contributed by atoms with E-state index in [0.717, 1.165) is 17.7 Å². The molecular formula is C9H13F3N2O3. The predicted molar refractivity (Wildman–Crippen MR) is 51.4 cm³/mol. The van der Waals surface area contributed by atoms with Gasteiger partial charge in [-0.25, -0.2) is 4.79 Å². The molecule has 0 spiro atoms. The van der Waals surface area contributed by atoms with E-state index in [-0.39, 0.29) is 12.5 Å². The zero-order valence-electron chi connectivity index (χ0n) is 8.96. The van der Waals surface area contributed by atoms with Crippen molar-refractivity contribution < 1.29 is 27.9 Å². The van der Waals surface area contributed by atoms with E-state index >= 15 is 0 Å². The van der Waals surface area contributed by atoms with Gasteiger partial charge in [-0.15, -0.1) is 0 Å². The third-order valence-electron chi connectivity index (χ3n) is 2.23. The normalized spacial score (nSPS) is 15.5. The van der Waals surface area contributed by atoms with E-state index in [1.807, 2.05) is 0 Å². The Morgan fingerprint density at radius 3 is 2.35 bits per heavy atom. The largest absolute Gasteiger partial charge is 0.480 e. The van der Waals surface area contributed by atoms with E-state index in [2.05, 4.69) is 0 Å². The molecule has 0 aromatic rings. The molecule has 0 unspecified atom stereocenters. The van der Waals surface area contributed by atoms with Crippen LogP contribution in [0.3, 0.4) is 0 Å². The summed E-state index contributed by atoms with van der Waals surface area (Å²) in [7, 11) is 0. The van der Waals surface area contributed by atoms with Crippen molar-refractivity contribution in [3.05, 3.63) is 0 Å². The van der Waals surface area contributed by atoms with E-state index in [4.69, 9.17) is 5.11 Å². The fraction of sp³-hybridized carbons (Fsp3) is 0.778. The van der Waals surface area contributed by atoms with E-state index < -0.39 is 31.3 Å². The Kier molecular flexibility index (Phi) is 4.19. The van der Waals surface area contributed by atoms with Crippen LogP contribution in [0.4, 0.5) is 18.0 Å². The van der Waals surface area contributed by atoms with Crippen LogP contribution in [-0.2, 0) is 4.79 Å². The molecule has 0 aliphatic heterocycles. The van der Waals surface area contributed by atoms with Crippen molar-refractivity contribution in [1.82, 2.24) is 10.2 Å². The van der Waals surface area contributed by atoms with Gasteiger partial charge in [0.2, 0.25) is 0 Å². The summed E-state index contributed by atoms with van der Waals surface area (Å²) in [5.74, 6) is -1.03. The van der Waals surface area contributed by atoms with Crippen molar-refractivity contribution in [1.29, 1.82) is 0 Å². The minimum Gasteiger partial charge on any atom is -0.480 e. The molecule has 0 aromatic heterocycles. The third-order valence-corrected chi connectivity index (χ3v) is 2.23. The number of urea groups is 1. The van der Waals surface area contributed by atoms with Gasteiger partial charge in [0, 0.05) is 6.54 Å². The van der Waals surface area contributed by atoms with Gasteiger partial charge >= 0.3 is 18.2 Å². The molecule has 1 aliphatic rings. The van der Waals surface area contributed by atoms with Crippen molar-refractivity contribution in [2.75, 3.05) is 19.6 Å². The first-order valence-electron chi connectivity index (χ1n) is 5.09. The molecular weight excluding hydrogens is 241 g/mol. The number of nitrogens with zero attached hydrogens (tertiary/aromatic N) is 1. The highest BCUT2D eigenvalue weighted by atomic mass is 19.4. The standard InChI is InChI=1S/C9H13F3N2O3/c10-9(11,12)5-13-8(17)14(4-7(15)16)3-6-1-2-6/h6H,1-5H2,(H,13,17)(H,15,16). The fourth-order valence-corrected chi connectivity index (χ4v) is 1.28. The van der Waals surface area contributed by atoms with Crippen LogP contribution < -0.4 is 5.32 Å². The SMILES string of the molecule is O=C(O)CN(CC1CC1)C(=O)NCC(F)(F)F. The van der Waals surface area contributed by atoms with Crippen LogP contribution in [0.25, 0.3) is 0 Å². The summed E-state index contributed by atoms with van der Waals surface area (Å²) < 4.78 is 35.6. The maximum absolute atomic E-state index is 11.9. The highest BCUT2D eigenvalue weighted by Gasteiger charge is 2.31. The number of alkyl halides is 3. The van der Waals surface area contributed by atoms with E-state index in [1.54, 1.807) is 5.32 Å². The summed E-state index contributed by atoms with van der Waals surface area (Å²) in [6, 6.07) is -0.989. The maximum atomic E-state index is 11.9. The minimum atomic E-state index is -4.50. The molecule has 2 amide bonds. The summed E-state index contributed by atoms with van der Waals surface area (Å²) in [5.41, 5.74) is 0. The van der Waals surface area contributed by atoms with E-state index in [0.29, 0.717) is 0 Å². The van der Waals surface area contributed by atoms with Crippen LogP contribution in [0.2, 0.25) is 0 Å². The summed E-state index contributed by atoms with van der Waals surface area (Å²) in [6.45, 7) is -1.84. The number of amides is 2. The summed E-state index contributed by atoms with van der Waals surface area (Å²) >= 11 is 0. The molecule has 98 valence electrons. The summed E-state index contributed by atoms with van der Waals surface area (Å²) in [5, 5.41) is 10.2. The lowest BCUT2D eigenvalue weighted by molar-refractivity contribution is -0.137. The predicted octanol–water partition coefficient (Wildman–Crippen LogP) is 1.05. The van der Waals surface area contributed by atoms with Gasteiger partial charge in [-0.3, -0.25) is 4.79 Å². The van der Waals surface area contributed by atoms with Gasteiger partial charge in [0.25, 0.3) is 0 Å². The first kappa shape index (κ1) is 13.6. The number of carboxylic acid groups (broad SMARTS) is 1. The number of carboxylic acids is 1. The number of carbonyl (C=O) groups excluding carboxylic acids is 1. The van der Waals surface area contributed by atoms with Gasteiger partial charge in [0.05, 0.1) is 0 Å². The topological polar surface area (TPSA) is 69.6 Å². The molecule has 0 aromatic carbocycles. The van der Waals surface area contributed by atoms with E-state index in [9.17, 15) is 22.8 Å². The number of hydrogen-bond donors (Lipinski definition) is 2. The maximum Gasteiger partial charge on any atom is 0.405 e. The lowest BCUT2D eigenvalue weighted by Crippen LogP contribution is -2.46. The highest BCUT2D eigenvalue weighted by Crippen LogP contribution is 2.29. The lowest BCUT2D eigenvalue weighted by Gasteiger charge is -2.21. The third kappa shape index (κ3) is 5.98. The van der Waals surface area contributed by atoms with Crippen molar-refractivity contribution >= 4 is 12.0 Å². The van der Waals surface area contributed by atoms with E-state index in [1.165, 1.54) is 0 Å². The summed E-state index contributed by atoms with van der Waals surface area (Å²) in [4.78, 5) is 22.7. The zero-order valence-corrected chi connectivity index (χ0v) is 8.96. The fourth-order valence-electron chi connectivity index (χ4n) is 1.28. The molecule has 0 heterocycles. The molecule has 17 heavy (non-hydrogen) atoms. The lowest BCUT2D eigenvalue weighted by atomic mass is 10.3. The Morgan fingerprint density at radius 2 is 1.94 bits per heavy atom. The number of rotatable bonds is 5. The van der Waals surface area contributed by atoms with Crippen molar-refractivity contribution in [2.45, 2.75) is 19.0 Å². The zero-order chi connectivity index (χ0) is 13.1. The Bertz CT molecular complexity index is 302. The molecule has 2 N–H and O–H groups in total. The Morgan fingerprint density at radius 1 is 1.35 bits per heavy atom. The van der Waals surface area contributed by atoms with Crippen molar-refractivity contribution in [3.8, 4) is 0 Å². The van der Waals surface area contributed by atoms with Gasteiger partial charge in [0.15, 0.2) is 0 Å². The second-order valence-corrected chi connectivity index (χ2v) is 3.99. The Balaban J connectivity index is 2.43. The number of halogens is 3. The molecule has 0 atom stereocenters. The minimum absolute atomic E-state index is 0.190. The van der Waals surface area contributed by atoms with Gasteiger partial charge < -0.3 is 15.3 Å². The molecule has 1 rings (SSSR count). The molecule has 5 nitrogen and oxygen atoms in total. The second-order valence-electron chi connectivity index (χ2n) is 3.99. The number of hydrogen-bond acceptors (Lipinski definition) is 2. The van der Waals surface area contributed by atoms with Crippen molar-refractivity contribution in [3.63, 3.8) is 0 Å². The van der Waals surface area contributed by atoms with Gasteiger partial charge in [-0.2, -0.15) is 13.2 Å². The molecule has 1 saturated carbocycles. The quantitative estimate of drug-likeness (QED) is 0.770. The first-order chi connectivity index (χ1) is 7.78. The molecule has 0 bridgehead atoms. The monoisotopic (exact) mass is 254 g/mol. The average molecular weight is 254 g/mol. The average Bonchev–Trinajstić information content (AvgIpc) is 2.95. The molecule has 0 radical (unpaired) electrons. The molecule has 0 saturated heterocycles. The van der Waals surface area contributed by atoms with Crippen LogP contribution in [0.15, 0.2) is 0 Å². The second kappa shape index (κ2) is 5.24. The summed E-state index contributed by atoms with van der Waals surface area (Å²) in [6.07, 6.45) is -2.74. The number of carbonyl (C=O) groups is 2. The van der Waals surface area contributed by atoms with Crippen LogP contribution in [0, 0.1) is 5.92 Å². The van der Waals surface area contributed by atoms with Crippen LogP contribution in [0.1, 0.15) is 12.8 Å². The highest BCUT2D eigenvalue weighted by molar-refractivity contribution is 5.80. The Labute approximate surface area is 95.6 Å². The molecule has 8 heteroatoms. The van der Waals surface area contributed by atoms with Gasteiger partial charge in [-0.05, 0) is 18.8 Å². The van der Waals surface area contributed by atoms with Crippen LogP contribution >= 0.6 is 0 Å². The van der Waals surface area contributed by atoms with Crippen LogP contribution in [-0.4, -0.2) is 47.8 Å². The van der Waals surface area contributed by atoms with Gasteiger partial charge in [-0.1, -0.05) is 0 Å². The first-order valence-corrected chi connectivity index (χ1v) is 5.09. The van der Waals surface area contributed by atoms with Gasteiger partial charge in [0.1, 0.15) is 13.1 Å². The number of aliphatic carboxylic acids is 1. The van der Waals surface area contributed by atoms with Crippen molar-refractivity contribution in [2.24, 2.45) is 5.92 Å². The molecule has 1 fully saturated rings. The molecule has 1 aliphatic carbocycles. The smallest absolute Gasteiger partial charge is 0.405 e.